The number of hydrogen-bond acceptors (Lipinski definition) is 2. The van der Waals surface area contributed by atoms with E-state index in [1.807, 2.05) is 0 Å². The first-order valence-electron chi connectivity index (χ1n) is 7.05. The van der Waals surface area contributed by atoms with Gasteiger partial charge in [0.2, 0.25) is 0 Å². The summed E-state index contributed by atoms with van der Waals surface area (Å²) in [6.07, 6.45) is 6.61. The van der Waals surface area contributed by atoms with Crippen LogP contribution in [0.25, 0.3) is 0 Å². The molecule has 1 fully saturated rings. The lowest BCUT2D eigenvalue weighted by Crippen LogP contribution is -2.41. The lowest BCUT2D eigenvalue weighted by molar-refractivity contribution is 0.106. The van der Waals surface area contributed by atoms with Crippen LogP contribution < -0.4 is 4.74 Å². The molecule has 0 aromatic heterocycles. The molecule has 0 N–H and O–H groups in total. The number of rotatable bonds is 1. The predicted octanol–water partition coefficient (Wildman–Crippen LogP) is 2.90. The molecule has 0 unspecified atom stereocenters. The molecule has 0 radical (unpaired) electrons. The molecule has 2 aliphatic rings. The molecule has 2 nitrogen and oxygen atoms in total. The van der Waals surface area contributed by atoms with Crippen molar-refractivity contribution in [2.24, 2.45) is 5.41 Å². The molecule has 0 saturated carbocycles. The molecule has 0 amide bonds. The number of ether oxygens (including phenoxy) is 1. The van der Waals surface area contributed by atoms with Gasteiger partial charge < -0.3 is 9.64 Å². The molecule has 1 heterocycles. The van der Waals surface area contributed by atoms with Crippen LogP contribution in [0, 0.1) is 5.41 Å². The highest BCUT2D eigenvalue weighted by Gasteiger charge is 2.36. The summed E-state index contributed by atoms with van der Waals surface area (Å²) in [4.78, 5) is 2.46. The number of benzene rings is 1. The number of nitrogens with zero attached hydrogens (tertiary/aromatic N) is 1. The fraction of sp³-hybridized carbons (Fsp3) is 0.625. The Hall–Kier alpha value is -1.02. The monoisotopic (exact) mass is 245 g/mol. The number of methoxy groups -OCH3 is 1. The summed E-state index contributed by atoms with van der Waals surface area (Å²) in [5.74, 6) is 1.01. The largest absolute Gasteiger partial charge is 0.497 e. The van der Waals surface area contributed by atoms with Crippen LogP contribution in [0.2, 0.25) is 0 Å². The fourth-order valence-electron chi connectivity index (χ4n) is 3.55. The van der Waals surface area contributed by atoms with Gasteiger partial charge in [0, 0.05) is 0 Å². The molecule has 1 saturated heterocycles. The Bertz CT molecular complexity index is 433. The summed E-state index contributed by atoms with van der Waals surface area (Å²) < 4.78 is 5.36. The third-order valence-corrected chi connectivity index (χ3v) is 4.95. The Morgan fingerprint density at radius 3 is 2.61 bits per heavy atom. The van der Waals surface area contributed by atoms with Crippen molar-refractivity contribution in [1.29, 1.82) is 0 Å². The quantitative estimate of drug-likeness (QED) is 0.754. The topological polar surface area (TPSA) is 12.5 Å². The molecule has 98 valence electrons. The zero-order valence-corrected chi connectivity index (χ0v) is 11.5. The van der Waals surface area contributed by atoms with Crippen LogP contribution in [0.15, 0.2) is 18.2 Å². The summed E-state index contributed by atoms with van der Waals surface area (Å²) in [7, 11) is 4.00. The normalized spacial score (nSPS) is 22.8. The van der Waals surface area contributed by atoms with Gasteiger partial charge >= 0.3 is 0 Å². The van der Waals surface area contributed by atoms with Gasteiger partial charge in [-0.05, 0) is 80.9 Å². The van der Waals surface area contributed by atoms with Crippen molar-refractivity contribution >= 4 is 0 Å². The minimum absolute atomic E-state index is 0.575. The average molecular weight is 245 g/mol. The van der Waals surface area contributed by atoms with E-state index in [4.69, 9.17) is 4.74 Å². The van der Waals surface area contributed by atoms with Crippen molar-refractivity contribution in [3.05, 3.63) is 29.3 Å². The Balaban J connectivity index is 1.83. The van der Waals surface area contributed by atoms with Gasteiger partial charge in [-0.25, -0.2) is 0 Å². The summed E-state index contributed by atoms with van der Waals surface area (Å²) in [5.41, 5.74) is 3.65. The van der Waals surface area contributed by atoms with Gasteiger partial charge in [-0.3, -0.25) is 0 Å². The van der Waals surface area contributed by atoms with Gasteiger partial charge in [-0.2, -0.15) is 0 Å². The highest BCUT2D eigenvalue weighted by molar-refractivity contribution is 5.38. The molecular formula is C16H23NO. The van der Waals surface area contributed by atoms with Gasteiger partial charge in [-0.15, -0.1) is 0 Å². The molecule has 3 rings (SSSR count). The van der Waals surface area contributed by atoms with Gasteiger partial charge in [0.25, 0.3) is 0 Å². The SMILES string of the molecule is COc1ccc2c(c1)CC1(CC2)CCN(C)CC1. The molecule has 1 aromatic carbocycles. The maximum atomic E-state index is 5.36. The maximum Gasteiger partial charge on any atom is 0.119 e. The second-order valence-electron chi connectivity index (χ2n) is 6.11. The molecule has 1 aliphatic carbocycles. The predicted molar refractivity (Wildman–Crippen MR) is 74.2 cm³/mol. The van der Waals surface area contributed by atoms with Gasteiger partial charge in [0.1, 0.15) is 5.75 Å². The maximum absolute atomic E-state index is 5.36. The number of likely N-dealkylation sites (tertiary alicyclic amines) is 1. The van der Waals surface area contributed by atoms with Crippen molar-refractivity contribution in [3.63, 3.8) is 0 Å². The highest BCUT2D eigenvalue weighted by Crippen LogP contribution is 2.43. The van der Waals surface area contributed by atoms with E-state index in [2.05, 4.69) is 30.1 Å². The zero-order chi connectivity index (χ0) is 12.6. The van der Waals surface area contributed by atoms with E-state index < -0.39 is 0 Å². The van der Waals surface area contributed by atoms with Crippen LogP contribution in [0.1, 0.15) is 30.4 Å². The van der Waals surface area contributed by atoms with E-state index in [-0.39, 0.29) is 0 Å². The number of hydrogen-bond donors (Lipinski definition) is 0. The van der Waals surface area contributed by atoms with Gasteiger partial charge in [0.15, 0.2) is 0 Å². The van der Waals surface area contributed by atoms with E-state index in [9.17, 15) is 0 Å². The third-order valence-electron chi connectivity index (χ3n) is 4.95. The average Bonchev–Trinajstić information content (AvgIpc) is 2.41. The minimum Gasteiger partial charge on any atom is -0.497 e. The van der Waals surface area contributed by atoms with Crippen LogP contribution >= 0.6 is 0 Å². The third kappa shape index (κ3) is 2.14. The van der Waals surface area contributed by atoms with E-state index in [0.717, 1.165) is 5.75 Å². The lowest BCUT2D eigenvalue weighted by Gasteiger charge is -2.44. The van der Waals surface area contributed by atoms with Crippen molar-refractivity contribution in [2.75, 3.05) is 27.2 Å². The molecule has 1 aromatic rings. The van der Waals surface area contributed by atoms with E-state index in [0.29, 0.717) is 5.41 Å². The van der Waals surface area contributed by atoms with Crippen molar-refractivity contribution in [3.8, 4) is 5.75 Å². The summed E-state index contributed by atoms with van der Waals surface area (Å²) >= 11 is 0. The molecule has 1 spiro atoms. The Kier molecular flexibility index (Phi) is 3.06. The molecule has 0 atom stereocenters. The van der Waals surface area contributed by atoms with Crippen LogP contribution in [0.5, 0.6) is 5.75 Å². The number of fused-ring (bicyclic) bond motifs is 1. The highest BCUT2D eigenvalue weighted by atomic mass is 16.5. The van der Waals surface area contributed by atoms with E-state index in [1.165, 1.54) is 50.8 Å². The standard InChI is InChI=1S/C16H23NO/c1-17-9-7-16(8-10-17)6-5-13-3-4-15(18-2)11-14(13)12-16/h3-4,11H,5-10,12H2,1-2H3. The van der Waals surface area contributed by atoms with E-state index >= 15 is 0 Å². The van der Waals surface area contributed by atoms with Crippen LogP contribution in [0.4, 0.5) is 0 Å². The first-order valence-corrected chi connectivity index (χ1v) is 7.05. The molecule has 2 heteroatoms. The van der Waals surface area contributed by atoms with Gasteiger partial charge in [-0.1, -0.05) is 6.07 Å². The molecular weight excluding hydrogens is 222 g/mol. The summed E-state index contributed by atoms with van der Waals surface area (Å²) in [6.45, 7) is 2.53. The van der Waals surface area contributed by atoms with Crippen LogP contribution in [0.3, 0.4) is 0 Å². The van der Waals surface area contributed by atoms with Crippen molar-refractivity contribution in [1.82, 2.24) is 4.90 Å². The minimum atomic E-state index is 0.575. The van der Waals surface area contributed by atoms with Crippen LogP contribution in [-0.2, 0) is 12.8 Å². The summed E-state index contributed by atoms with van der Waals surface area (Å²) in [5, 5.41) is 0. The first kappa shape index (κ1) is 12.0. The smallest absolute Gasteiger partial charge is 0.119 e. The zero-order valence-electron chi connectivity index (χ0n) is 11.5. The van der Waals surface area contributed by atoms with Gasteiger partial charge in [0.05, 0.1) is 7.11 Å². The molecule has 18 heavy (non-hydrogen) atoms. The van der Waals surface area contributed by atoms with Crippen molar-refractivity contribution in [2.45, 2.75) is 32.1 Å². The van der Waals surface area contributed by atoms with Crippen molar-refractivity contribution < 1.29 is 4.74 Å². The fourth-order valence-corrected chi connectivity index (χ4v) is 3.55. The molecule has 1 aliphatic heterocycles. The number of aryl methyl sites for hydroxylation is 1. The van der Waals surface area contributed by atoms with Crippen LogP contribution in [-0.4, -0.2) is 32.1 Å². The molecule has 0 bridgehead atoms. The number of piperidine rings is 1. The summed E-state index contributed by atoms with van der Waals surface area (Å²) in [6, 6.07) is 6.62. The lowest BCUT2D eigenvalue weighted by atomic mass is 9.66. The first-order chi connectivity index (χ1) is 8.71. The van der Waals surface area contributed by atoms with E-state index in [1.54, 1.807) is 12.7 Å². The Labute approximate surface area is 110 Å². The second-order valence-corrected chi connectivity index (χ2v) is 6.11. The Morgan fingerprint density at radius 2 is 1.89 bits per heavy atom. The Morgan fingerprint density at radius 1 is 1.11 bits per heavy atom. The second kappa shape index (κ2) is 4.58.